The number of carbonyl (C=O) groups is 1. The third-order valence-electron chi connectivity index (χ3n) is 6.03. The van der Waals surface area contributed by atoms with Crippen LogP contribution in [0.4, 0.5) is 5.69 Å². The van der Waals surface area contributed by atoms with Gasteiger partial charge in [-0.3, -0.25) is 14.3 Å². The first kappa shape index (κ1) is 23.8. The lowest BCUT2D eigenvalue weighted by Crippen LogP contribution is -2.25. The summed E-state index contributed by atoms with van der Waals surface area (Å²) in [5, 5.41) is 6.78. The van der Waals surface area contributed by atoms with Crippen LogP contribution in [-0.4, -0.2) is 32.0 Å². The van der Waals surface area contributed by atoms with Gasteiger partial charge in [-0.1, -0.05) is 65.3 Å². The largest absolute Gasteiger partial charge is 0.483 e. The van der Waals surface area contributed by atoms with Gasteiger partial charge < -0.3 is 14.6 Å². The van der Waals surface area contributed by atoms with E-state index in [1.54, 1.807) is 36.9 Å². The molecule has 3 aromatic carbocycles. The molecule has 0 bridgehead atoms. The first-order valence-electron chi connectivity index (χ1n) is 11.7. The molecule has 2 heterocycles. The highest BCUT2D eigenvalue weighted by molar-refractivity contribution is 5.92. The smallest absolute Gasteiger partial charge is 0.295 e. The number of anilines is 1. The molecular formula is C28H25N5O4. The quantitative estimate of drug-likeness (QED) is 0.356. The van der Waals surface area contributed by atoms with E-state index in [9.17, 15) is 9.59 Å². The van der Waals surface area contributed by atoms with Crippen molar-refractivity contribution in [2.24, 2.45) is 7.05 Å². The molecule has 0 saturated carbocycles. The summed E-state index contributed by atoms with van der Waals surface area (Å²) in [4.78, 5) is 30.3. The van der Waals surface area contributed by atoms with Crippen LogP contribution in [0, 0.1) is 13.8 Å². The van der Waals surface area contributed by atoms with Gasteiger partial charge in [-0.05, 0) is 38.1 Å². The van der Waals surface area contributed by atoms with E-state index in [0.717, 1.165) is 11.1 Å². The molecule has 1 amide bonds. The number of hydrogen-bond acceptors (Lipinski definition) is 6. The lowest BCUT2D eigenvalue weighted by atomic mass is 10.1. The van der Waals surface area contributed by atoms with E-state index in [4.69, 9.17) is 9.26 Å². The minimum Gasteiger partial charge on any atom is -0.483 e. The van der Waals surface area contributed by atoms with Crippen molar-refractivity contribution < 1.29 is 14.1 Å². The van der Waals surface area contributed by atoms with Crippen LogP contribution < -0.4 is 15.6 Å². The van der Waals surface area contributed by atoms with E-state index in [-0.39, 0.29) is 23.7 Å². The molecule has 2 aromatic heterocycles. The molecule has 0 aliphatic rings. The molecule has 37 heavy (non-hydrogen) atoms. The van der Waals surface area contributed by atoms with Crippen LogP contribution in [0.2, 0.25) is 0 Å². The Kier molecular flexibility index (Phi) is 6.42. The molecule has 0 unspecified atom stereocenters. The van der Waals surface area contributed by atoms with Crippen molar-refractivity contribution >= 4 is 11.6 Å². The number of amides is 1. The van der Waals surface area contributed by atoms with Crippen LogP contribution in [0.3, 0.4) is 0 Å². The van der Waals surface area contributed by atoms with Crippen molar-refractivity contribution in [3.8, 4) is 34.3 Å². The molecule has 1 N–H and O–H groups in total. The Hall–Kier alpha value is -4.92. The predicted molar refractivity (Wildman–Crippen MR) is 140 cm³/mol. The SMILES string of the molecule is Cc1ccc(-c2noc(-c3ccccc3OCC(=O)Nc3c(C)n(C)n(-c4ccccc4)c3=O)n2)cc1. The standard InChI is InChI=1S/C28H25N5O4/c1-18-13-15-20(16-14-18)26-30-27(37-31-26)22-11-7-8-12-23(22)36-17-24(34)29-25-19(2)32(3)33(28(25)35)21-9-5-4-6-10-21/h4-16H,17H2,1-3H3,(H,29,34). The third kappa shape index (κ3) is 4.79. The molecule has 0 atom stereocenters. The number of benzene rings is 3. The second-order valence-electron chi connectivity index (χ2n) is 8.56. The van der Waals surface area contributed by atoms with Crippen LogP contribution in [-0.2, 0) is 11.8 Å². The lowest BCUT2D eigenvalue weighted by Gasteiger charge is -2.09. The zero-order valence-corrected chi connectivity index (χ0v) is 20.6. The number of rotatable bonds is 7. The topological polar surface area (TPSA) is 104 Å². The molecule has 0 spiro atoms. The fourth-order valence-corrected chi connectivity index (χ4v) is 3.95. The Morgan fingerprint density at radius 2 is 1.68 bits per heavy atom. The number of ether oxygens (including phenoxy) is 1. The average molecular weight is 496 g/mol. The normalized spacial score (nSPS) is 10.9. The van der Waals surface area contributed by atoms with Crippen LogP contribution in [0.1, 0.15) is 11.3 Å². The monoisotopic (exact) mass is 495 g/mol. The highest BCUT2D eigenvalue weighted by Gasteiger charge is 2.19. The highest BCUT2D eigenvalue weighted by Crippen LogP contribution is 2.30. The second-order valence-corrected chi connectivity index (χ2v) is 8.56. The summed E-state index contributed by atoms with van der Waals surface area (Å²) < 4.78 is 14.5. The van der Waals surface area contributed by atoms with Gasteiger partial charge in [0.25, 0.3) is 17.4 Å². The number of nitrogens with zero attached hydrogens (tertiary/aromatic N) is 4. The summed E-state index contributed by atoms with van der Waals surface area (Å²) in [6, 6.07) is 24.1. The Morgan fingerprint density at radius 1 is 0.973 bits per heavy atom. The van der Waals surface area contributed by atoms with Gasteiger partial charge in [-0.25, -0.2) is 4.68 Å². The molecule has 0 aliphatic carbocycles. The molecule has 186 valence electrons. The minimum absolute atomic E-state index is 0.202. The summed E-state index contributed by atoms with van der Waals surface area (Å²) in [5.74, 6) is 0.669. The summed E-state index contributed by atoms with van der Waals surface area (Å²) in [7, 11) is 1.77. The fourth-order valence-electron chi connectivity index (χ4n) is 3.95. The van der Waals surface area contributed by atoms with Crippen molar-refractivity contribution in [2.75, 3.05) is 11.9 Å². The number of aryl methyl sites for hydroxylation is 1. The Balaban J connectivity index is 1.32. The van der Waals surface area contributed by atoms with E-state index < -0.39 is 5.91 Å². The molecule has 5 rings (SSSR count). The highest BCUT2D eigenvalue weighted by atomic mass is 16.5. The van der Waals surface area contributed by atoms with Crippen molar-refractivity contribution in [2.45, 2.75) is 13.8 Å². The summed E-state index contributed by atoms with van der Waals surface area (Å²) in [6.07, 6.45) is 0. The van der Waals surface area contributed by atoms with Gasteiger partial charge in [-0.15, -0.1) is 0 Å². The first-order valence-corrected chi connectivity index (χ1v) is 11.7. The molecule has 5 aromatic rings. The molecule has 0 radical (unpaired) electrons. The van der Waals surface area contributed by atoms with Crippen molar-refractivity contribution in [3.63, 3.8) is 0 Å². The third-order valence-corrected chi connectivity index (χ3v) is 6.03. The van der Waals surface area contributed by atoms with E-state index in [1.807, 2.05) is 67.6 Å². The number of hydrogen-bond donors (Lipinski definition) is 1. The summed E-state index contributed by atoms with van der Waals surface area (Å²) in [5.41, 5.74) is 3.73. The van der Waals surface area contributed by atoms with Gasteiger partial charge in [0.05, 0.1) is 16.9 Å². The molecule has 9 heteroatoms. The molecular weight excluding hydrogens is 470 g/mol. The molecule has 0 fully saturated rings. The van der Waals surface area contributed by atoms with E-state index >= 15 is 0 Å². The van der Waals surface area contributed by atoms with Crippen LogP contribution >= 0.6 is 0 Å². The zero-order chi connectivity index (χ0) is 25.9. The van der Waals surface area contributed by atoms with Gasteiger partial charge in [0, 0.05) is 12.6 Å². The zero-order valence-electron chi connectivity index (χ0n) is 20.6. The van der Waals surface area contributed by atoms with Gasteiger partial charge in [0.1, 0.15) is 11.4 Å². The van der Waals surface area contributed by atoms with E-state index in [1.165, 1.54) is 4.68 Å². The van der Waals surface area contributed by atoms with Gasteiger partial charge in [-0.2, -0.15) is 4.98 Å². The Bertz CT molecular complexity index is 1610. The Morgan fingerprint density at radius 3 is 2.43 bits per heavy atom. The van der Waals surface area contributed by atoms with Crippen LogP contribution in [0.15, 0.2) is 88.2 Å². The van der Waals surface area contributed by atoms with Gasteiger partial charge in [0.2, 0.25) is 5.82 Å². The summed E-state index contributed by atoms with van der Waals surface area (Å²) in [6.45, 7) is 3.47. The van der Waals surface area contributed by atoms with Crippen LogP contribution in [0.5, 0.6) is 5.75 Å². The maximum Gasteiger partial charge on any atom is 0.295 e. The average Bonchev–Trinajstić information content (AvgIpc) is 3.48. The fraction of sp³-hybridized carbons (Fsp3) is 0.143. The van der Waals surface area contributed by atoms with Crippen molar-refractivity contribution in [1.82, 2.24) is 19.5 Å². The maximum absolute atomic E-state index is 13.1. The first-order chi connectivity index (χ1) is 17.9. The van der Waals surface area contributed by atoms with Crippen molar-refractivity contribution in [3.05, 3.63) is 100 Å². The van der Waals surface area contributed by atoms with Gasteiger partial charge in [0.15, 0.2) is 6.61 Å². The molecule has 9 nitrogen and oxygen atoms in total. The molecule has 0 aliphatic heterocycles. The number of para-hydroxylation sites is 2. The Labute approximate surface area is 212 Å². The lowest BCUT2D eigenvalue weighted by molar-refractivity contribution is -0.118. The number of carbonyl (C=O) groups excluding carboxylic acids is 1. The maximum atomic E-state index is 13.1. The predicted octanol–water partition coefficient (Wildman–Crippen LogP) is 4.53. The van der Waals surface area contributed by atoms with Crippen LogP contribution in [0.25, 0.3) is 28.5 Å². The summed E-state index contributed by atoms with van der Waals surface area (Å²) >= 11 is 0. The van der Waals surface area contributed by atoms with E-state index in [0.29, 0.717) is 28.5 Å². The molecule has 0 saturated heterocycles. The van der Waals surface area contributed by atoms with Gasteiger partial charge >= 0.3 is 0 Å². The number of aromatic nitrogens is 4. The number of nitrogens with one attached hydrogen (secondary N) is 1. The van der Waals surface area contributed by atoms with Crippen molar-refractivity contribution in [1.29, 1.82) is 0 Å². The minimum atomic E-state index is -0.466. The van der Waals surface area contributed by atoms with E-state index in [2.05, 4.69) is 15.5 Å². The second kappa shape index (κ2) is 9.98.